The molecule has 134 valence electrons. The molecule has 0 aromatic carbocycles. The van der Waals surface area contributed by atoms with E-state index in [1.165, 1.54) is 6.92 Å². The Hall–Kier alpha value is -1.40. The molecule has 3 rings (SSSR count). The third kappa shape index (κ3) is 2.97. The Morgan fingerprint density at radius 1 is 1.29 bits per heavy atom. The lowest BCUT2D eigenvalue weighted by molar-refractivity contribution is -0.172. The maximum Gasteiger partial charge on any atom is 0.338 e. The molecule has 0 spiro atoms. The van der Waals surface area contributed by atoms with Crippen LogP contribution in [0.15, 0.2) is 11.6 Å². The number of hydrogen-bond acceptors (Lipinski definition) is 6. The van der Waals surface area contributed by atoms with E-state index in [2.05, 4.69) is 4.90 Å². The molecule has 3 heterocycles. The molecule has 6 heteroatoms. The van der Waals surface area contributed by atoms with Crippen molar-refractivity contribution < 1.29 is 24.2 Å². The Morgan fingerprint density at radius 2 is 2.00 bits per heavy atom. The van der Waals surface area contributed by atoms with Crippen molar-refractivity contribution in [3.8, 4) is 0 Å². The van der Waals surface area contributed by atoms with Crippen molar-refractivity contribution in [2.45, 2.75) is 57.8 Å². The summed E-state index contributed by atoms with van der Waals surface area (Å²) in [4.78, 5) is 27.3. The highest BCUT2D eigenvalue weighted by Crippen LogP contribution is 2.36. The van der Waals surface area contributed by atoms with Crippen molar-refractivity contribution in [1.29, 1.82) is 0 Å². The molecule has 3 saturated heterocycles. The van der Waals surface area contributed by atoms with Gasteiger partial charge in [-0.1, -0.05) is 13.0 Å². The van der Waals surface area contributed by atoms with Gasteiger partial charge in [0.2, 0.25) is 0 Å². The first-order valence-electron chi connectivity index (χ1n) is 8.84. The van der Waals surface area contributed by atoms with Crippen LogP contribution in [0.5, 0.6) is 0 Å². The lowest BCUT2D eigenvalue weighted by Crippen LogP contribution is -2.46. The zero-order valence-corrected chi connectivity index (χ0v) is 14.7. The highest BCUT2D eigenvalue weighted by atomic mass is 16.6. The van der Waals surface area contributed by atoms with Crippen LogP contribution in [0, 0.1) is 11.8 Å². The Morgan fingerprint density at radius 3 is 2.71 bits per heavy atom. The molecule has 0 saturated carbocycles. The van der Waals surface area contributed by atoms with Crippen molar-refractivity contribution in [1.82, 2.24) is 4.90 Å². The van der Waals surface area contributed by atoms with Crippen LogP contribution >= 0.6 is 0 Å². The van der Waals surface area contributed by atoms with Crippen LogP contribution < -0.4 is 0 Å². The number of rotatable bonds is 0. The van der Waals surface area contributed by atoms with E-state index in [-0.39, 0.29) is 37.1 Å². The van der Waals surface area contributed by atoms with Crippen molar-refractivity contribution in [3.05, 3.63) is 11.6 Å². The van der Waals surface area contributed by atoms with Gasteiger partial charge in [-0.3, -0.25) is 4.90 Å². The van der Waals surface area contributed by atoms with E-state index < -0.39 is 17.5 Å². The average Bonchev–Trinajstić information content (AvgIpc) is 3.12. The largest absolute Gasteiger partial charge is 0.463 e. The Balaban J connectivity index is 1.89. The smallest absolute Gasteiger partial charge is 0.338 e. The SMILES string of the molecule is C/C=C1/C[C@@H](C)[C@](C)(O)C(=O)OC[C@H]2CCN3CC[C@@H](OC1=O)[C@H]23. The monoisotopic (exact) mass is 337 g/mol. The fourth-order valence-corrected chi connectivity index (χ4v) is 4.11. The van der Waals surface area contributed by atoms with Gasteiger partial charge in [0.15, 0.2) is 5.60 Å². The van der Waals surface area contributed by atoms with Gasteiger partial charge in [0.05, 0.1) is 12.6 Å². The summed E-state index contributed by atoms with van der Waals surface area (Å²) in [5, 5.41) is 10.6. The molecule has 0 bridgehead atoms. The van der Waals surface area contributed by atoms with Gasteiger partial charge in [0.1, 0.15) is 6.10 Å². The van der Waals surface area contributed by atoms with Crippen molar-refractivity contribution >= 4 is 11.9 Å². The number of nitrogens with zero attached hydrogens (tertiary/aromatic N) is 1. The van der Waals surface area contributed by atoms with Crippen LogP contribution in [0.3, 0.4) is 0 Å². The summed E-state index contributed by atoms with van der Waals surface area (Å²) in [6, 6.07) is 0.113. The molecular weight excluding hydrogens is 310 g/mol. The van der Waals surface area contributed by atoms with Gasteiger partial charge in [-0.15, -0.1) is 0 Å². The normalized spacial score (nSPS) is 42.9. The standard InChI is InChI=1S/C18H27NO5/c1-4-12-9-11(2)18(3,22)17(21)23-10-13-5-7-19-8-6-14(15(13)19)24-16(12)20/h4,11,13-15,22H,5-10H2,1-3H3/b12-4-/t11-,13-,14-,15+,18+/m1/s1. The maximum atomic E-state index is 12.6. The van der Waals surface area contributed by atoms with E-state index in [1.807, 2.05) is 0 Å². The van der Waals surface area contributed by atoms with Gasteiger partial charge < -0.3 is 14.6 Å². The summed E-state index contributed by atoms with van der Waals surface area (Å²) < 4.78 is 11.3. The average molecular weight is 337 g/mol. The second kappa shape index (κ2) is 6.48. The number of hydrogen-bond donors (Lipinski definition) is 1. The third-order valence-corrected chi connectivity index (χ3v) is 5.97. The van der Waals surface area contributed by atoms with Crippen LogP contribution in [0.1, 0.15) is 40.0 Å². The van der Waals surface area contributed by atoms with Crippen LogP contribution in [0.25, 0.3) is 0 Å². The molecule has 0 radical (unpaired) electrons. The molecule has 5 atom stereocenters. The summed E-state index contributed by atoms with van der Waals surface area (Å²) in [5.41, 5.74) is -1.12. The number of esters is 2. The molecule has 0 unspecified atom stereocenters. The van der Waals surface area contributed by atoms with E-state index >= 15 is 0 Å². The first kappa shape index (κ1) is 17.4. The summed E-state index contributed by atoms with van der Waals surface area (Å²) in [6.07, 6.45) is 3.59. The fourth-order valence-electron chi connectivity index (χ4n) is 4.11. The zero-order chi connectivity index (χ0) is 17.5. The fraction of sp³-hybridized carbons (Fsp3) is 0.778. The zero-order valence-electron chi connectivity index (χ0n) is 14.7. The van der Waals surface area contributed by atoms with Gasteiger partial charge in [-0.25, -0.2) is 9.59 Å². The van der Waals surface area contributed by atoms with E-state index in [0.29, 0.717) is 5.57 Å². The summed E-state index contributed by atoms with van der Waals surface area (Å²) in [7, 11) is 0. The van der Waals surface area contributed by atoms with Gasteiger partial charge >= 0.3 is 11.9 Å². The molecule has 6 nitrogen and oxygen atoms in total. The lowest BCUT2D eigenvalue weighted by Gasteiger charge is -2.32. The van der Waals surface area contributed by atoms with Crippen LogP contribution in [-0.2, 0) is 19.1 Å². The highest BCUT2D eigenvalue weighted by Gasteiger charge is 2.48. The first-order chi connectivity index (χ1) is 11.3. The summed E-state index contributed by atoms with van der Waals surface area (Å²) in [5.74, 6) is -1.23. The molecule has 0 amide bonds. The number of cyclic esters (lactones) is 1. The number of carbonyl (C=O) groups excluding carboxylic acids is 2. The van der Waals surface area contributed by atoms with Crippen LogP contribution in [0.2, 0.25) is 0 Å². The second-order valence-electron chi connectivity index (χ2n) is 7.47. The molecule has 0 aromatic rings. The van der Waals surface area contributed by atoms with Crippen molar-refractivity contribution in [3.63, 3.8) is 0 Å². The summed E-state index contributed by atoms with van der Waals surface area (Å²) in [6.45, 7) is 7.11. The number of allylic oxidation sites excluding steroid dienone is 1. The number of ether oxygens (including phenoxy) is 2. The molecular formula is C18H27NO5. The minimum absolute atomic E-state index is 0.113. The number of carbonyl (C=O) groups is 2. The Bertz CT molecular complexity index is 556. The summed E-state index contributed by atoms with van der Waals surface area (Å²) >= 11 is 0. The second-order valence-corrected chi connectivity index (χ2v) is 7.47. The van der Waals surface area contributed by atoms with E-state index in [0.717, 1.165) is 25.9 Å². The van der Waals surface area contributed by atoms with Gasteiger partial charge in [0, 0.05) is 18.0 Å². The molecule has 0 aliphatic carbocycles. The topological polar surface area (TPSA) is 76.1 Å². The molecule has 3 aliphatic heterocycles. The van der Waals surface area contributed by atoms with Gasteiger partial charge in [-0.2, -0.15) is 0 Å². The quantitative estimate of drug-likeness (QED) is 0.530. The molecule has 3 fully saturated rings. The predicted octanol–water partition coefficient (Wildman–Crippen LogP) is 1.27. The minimum Gasteiger partial charge on any atom is -0.463 e. The van der Waals surface area contributed by atoms with E-state index in [9.17, 15) is 14.7 Å². The predicted molar refractivity (Wildman–Crippen MR) is 87.1 cm³/mol. The van der Waals surface area contributed by atoms with E-state index in [1.54, 1.807) is 19.9 Å². The molecule has 24 heavy (non-hydrogen) atoms. The Labute approximate surface area is 142 Å². The Kier molecular flexibility index (Phi) is 4.71. The lowest BCUT2D eigenvalue weighted by atomic mass is 9.85. The van der Waals surface area contributed by atoms with Crippen molar-refractivity contribution in [2.24, 2.45) is 11.8 Å². The van der Waals surface area contributed by atoms with E-state index in [4.69, 9.17) is 9.47 Å². The molecule has 0 aromatic heterocycles. The minimum atomic E-state index is -1.62. The van der Waals surface area contributed by atoms with Crippen LogP contribution in [-0.4, -0.2) is 59.4 Å². The molecule has 3 aliphatic rings. The third-order valence-electron chi connectivity index (χ3n) is 5.97. The number of aliphatic hydroxyl groups is 1. The molecule has 1 N–H and O–H groups in total. The van der Waals surface area contributed by atoms with Gasteiger partial charge in [-0.05, 0) is 45.6 Å². The maximum absolute atomic E-state index is 12.6. The van der Waals surface area contributed by atoms with Gasteiger partial charge in [0.25, 0.3) is 0 Å². The van der Waals surface area contributed by atoms with Crippen LogP contribution in [0.4, 0.5) is 0 Å². The first-order valence-corrected chi connectivity index (χ1v) is 8.84. The highest BCUT2D eigenvalue weighted by molar-refractivity contribution is 5.89. The van der Waals surface area contributed by atoms with Crippen molar-refractivity contribution in [2.75, 3.05) is 19.7 Å².